The molecule has 1 aromatic heterocycles. The second-order valence-corrected chi connectivity index (χ2v) is 4.08. The highest BCUT2D eigenvalue weighted by atomic mass is 35.5. The van der Waals surface area contributed by atoms with Crippen molar-refractivity contribution in [2.75, 3.05) is 6.54 Å². The molecule has 1 unspecified atom stereocenters. The number of carbonyl (C=O) groups excluding carboxylic acids is 1. The van der Waals surface area contributed by atoms with Gasteiger partial charge in [0.15, 0.2) is 0 Å². The van der Waals surface area contributed by atoms with Gasteiger partial charge in [0.05, 0.1) is 11.8 Å². The van der Waals surface area contributed by atoms with Crippen LogP contribution in [0.25, 0.3) is 0 Å². The Balaban J connectivity index is 2.34. The maximum absolute atomic E-state index is 11.6. The second-order valence-electron chi connectivity index (χ2n) is 3.46. The summed E-state index contributed by atoms with van der Waals surface area (Å²) in [4.78, 5) is 11.6. The second kappa shape index (κ2) is 5.75. The Kier molecular flexibility index (Phi) is 4.62. The Morgan fingerprint density at radius 2 is 2.47 bits per heavy atom. The van der Waals surface area contributed by atoms with Crippen molar-refractivity contribution in [2.45, 2.75) is 32.1 Å². The number of carbonyl (C=O) groups is 1. The first-order valence-electron chi connectivity index (χ1n) is 5.07. The van der Waals surface area contributed by atoms with Gasteiger partial charge in [-0.25, -0.2) is 0 Å². The van der Waals surface area contributed by atoms with Gasteiger partial charge in [-0.3, -0.25) is 9.89 Å². The molecule has 2 N–H and O–H groups in total. The topological polar surface area (TPSA) is 57.8 Å². The zero-order chi connectivity index (χ0) is 11.3. The molecule has 0 radical (unpaired) electrons. The number of halogens is 1. The predicted molar refractivity (Wildman–Crippen MR) is 60.2 cm³/mol. The van der Waals surface area contributed by atoms with Crippen LogP contribution in [-0.4, -0.2) is 28.0 Å². The highest BCUT2D eigenvalue weighted by Gasteiger charge is 2.10. The van der Waals surface area contributed by atoms with Crippen LogP contribution < -0.4 is 5.32 Å². The first-order chi connectivity index (χ1) is 7.15. The molecule has 84 valence electrons. The molecule has 0 aromatic carbocycles. The van der Waals surface area contributed by atoms with Crippen molar-refractivity contribution in [1.82, 2.24) is 15.5 Å². The highest BCUT2D eigenvalue weighted by Crippen LogP contribution is 2.06. The number of hydrogen-bond donors (Lipinski definition) is 2. The number of aryl methyl sites for hydroxylation is 1. The molecular weight excluding hydrogens is 214 g/mol. The average Bonchev–Trinajstić information content (AvgIpc) is 2.64. The third-order valence-electron chi connectivity index (χ3n) is 2.26. The van der Waals surface area contributed by atoms with Crippen LogP contribution in [0.4, 0.5) is 0 Å². The zero-order valence-electron chi connectivity index (χ0n) is 9.01. The summed E-state index contributed by atoms with van der Waals surface area (Å²) in [6.07, 6.45) is 3.24. The van der Waals surface area contributed by atoms with E-state index in [0.717, 1.165) is 18.5 Å². The molecule has 1 heterocycles. The van der Waals surface area contributed by atoms with E-state index in [1.165, 1.54) is 6.20 Å². The lowest BCUT2D eigenvalue weighted by Gasteiger charge is -2.07. The van der Waals surface area contributed by atoms with Crippen molar-refractivity contribution < 1.29 is 4.79 Å². The largest absolute Gasteiger partial charge is 0.352 e. The first-order valence-corrected chi connectivity index (χ1v) is 5.51. The molecule has 0 bridgehead atoms. The van der Waals surface area contributed by atoms with Crippen molar-refractivity contribution in [3.8, 4) is 0 Å². The fourth-order valence-corrected chi connectivity index (χ4v) is 1.33. The lowest BCUT2D eigenvalue weighted by molar-refractivity contribution is 0.0952. The molecule has 0 saturated carbocycles. The number of amides is 1. The van der Waals surface area contributed by atoms with Gasteiger partial charge in [-0.2, -0.15) is 5.10 Å². The number of aromatic amines is 1. The summed E-state index contributed by atoms with van der Waals surface area (Å²) in [6.45, 7) is 4.45. The zero-order valence-corrected chi connectivity index (χ0v) is 9.77. The summed E-state index contributed by atoms with van der Waals surface area (Å²) in [5.41, 5.74) is 1.38. The molecular formula is C10H16ClN3O. The Hall–Kier alpha value is -1.03. The third-order valence-corrected chi connectivity index (χ3v) is 2.79. The fourth-order valence-electron chi connectivity index (χ4n) is 1.22. The minimum Gasteiger partial charge on any atom is -0.352 e. The quantitative estimate of drug-likeness (QED) is 0.758. The standard InChI is InChI=1S/C10H16ClN3O/c1-3-8(11)4-5-12-10(15)9-6-13-14-7(9)2/h6,8H,3-5H2,1-2H3,(H,12,15)(H,13,14). The fraction of sp³-hybridized carbons (Fsp3) is 0.600. The Morgan fingerprint density at radius 1 is 1.73 bits per heavy atom. The van der Waals surface area contributed by atoms with Gasteiger partial charge in [0, 0.05) is 17.6 Å². The number of nitrogens with zero attached hydrogens (tertiary/aromatic N) is 1. The van der Waals surface area contributed by atoms with Crippen molar-refractivity contribution in [3.05, 3.63) is 17.5 Å². The summed E-state index contributed by atoms with van der Waals surface area (Å²) in [5, 5.41) is 9.46. The number of hydrogen-bond acceptors (Lipinski definition) is 2. The van der Waals surface area contributed by atoms with E-state index in [2.05, 4.69) is 15.5 Å². The predicted octanol–water partition coefficient (Wildman–Crippen LogP) is 1.86. The van der Waals surface area contributed by atoms with Crippen LogP contribution in [0.5, 0.6) is 0 Å². The van der Waals surface area contributed by atoms with E-state index in [1.807, 2.05) is 13.8 Å². The molecule has 1 rings (SSSR count). The van der Waals surface area contributed by atoms with Crippen LogP contribution in [0.2, 0.25) is 0 Å². The monoisotopic (exact) mass is 229 g/mol. The van der Waals surface area contributed by atoms with Gasteiger partial charge in [-0.1, -0.05) is 6.92 Å². The SMILES string of the molecule is CCC(Cl)CCNC(=O)c1cn[nH]c1C. The maximum atomic E-state index is 11.6. The Morgan fingerprint density at radius 3 is 3.00 bits per heavy atom. The van der Waals surface area contributed by atoms with Gasteiger partial charge in [0.2, 0.25) is 0 Å². The molecule has 0 spiro atoms. The highest BCUT2D eigenvalue weighted by molar-refractivity contribution is 6.20. The molecule has 0 fully saturated rings. The lowest BCUT2D eigenvalue weighted by Crippen LogP contribution is -2.26. The number of H-pyrrole nitrogens is 1. The van der Waals surface area contributed by atoms with Gasteiger partial charge in [0.1, 0.15) is 0 Å². The summed E-state index contributed by atoms with van der Waals surface area (Å²) >= 11 is 5.94. The van der Waals surface area contributed by atoms with Crippen LogP contribution in [0.3, 0.4) is 0 Å². The van der Waals surface area contributed by atoms with E-state index in [4.69, 9.17) is 11.6 Å². The molecule has 15 heavy (non-hydrogen) atoms. The van der Waals surface area contributed by atoms with Gasteiger partial charge in [-0.05, 0) is 19.8 Å². The smallest absolute Gasteiger partial charge is 0.254 e. The number of alkyl halides is 1. The van der Waals surface area contributed by atoms with Crippen LogP contribution in [0, 0.1) is 6.92 Å². The minimum absolute atomic E-state index is 0.0961. The molecule has 1 atom stereocenters. The first kappa shape index (κ1) is 12.0. The molecule has 0 aliphatic heterocycles. The van der Waals surface area contributed by atoms with Gasteiger partial charge >= 0.3 is 0 Å². The Bertz CT molecular complexity index is 324. The van der Waals surface area contributed by atoms with Crippen molar-refractivity contribution in [2.24, 2.45) is 0 Å². The van der Waals surface area contributed by atoms with Gasteiger partial charge in [-0.15, -0.1) is 11.6 Å². The van der Waals surface area contributed by atoms with E-state index in [0.29, 0.717) is 12.1 Å². The van der Waals surface area contributed by atoms with E-state index in [9.17, 15) is 4.79 Å². The minimum atomic E-state index is -0.0961. The number of rotatable bonds is 5. The molecule has 0 aliphatic carbocycles. The average molecular weight is 230 g/mol. The summed E-state index contributed by atoms with van der Waals surface area (Å²) in [5.74, 6) is -0.0961. The van der Waals surface area contributed by atoms with E-state index < -0.39 is 0 Å². The van der Waals surface area contributed by atoms with E-state index in [1.54, 1.807) is 0 Å². The van der Waals surface area contributed by atoms with Crippen LogP contribution in [-0.2, 0) is 0 Å². The van der Waals surface area contributed by atoms with Gasteiger partial charge < -0.3 is 5.32 Å². The molecule has 0 saturated heterocycles. The summed E-state index contributed by atoms with van der Waals surface area (Å²) < 4.78 is 0. The maximum Gasteiger partial charge on any atom is 0.254 e. The summed E-state index contributed by atoms with van der Waals surface area (Å²) in [7, 11) is 0. The molecule has 0 aliphatic rings. The van der Waals surface area contributed by atoms with Crippen molar-refractivity contribution in [1.29, 1.82) is 0 Å². The number of aromatic nitrogens is 2. The van der Waals surface area contributed by atoms with E-state index >= 15 is 0 Å². The lowest BCUT2D eigenvalue weighted by atomic mass is 10.2. The Labute approximate surface area is 94.4 Å². The molecule has 4 nitrogen and oxygen atoms in total. The summed E-state index contributed by atoms with van der Waals surface area (Å²) in [6, 6.07) is 0. The van der Waals surface area contributed by atoms with Gasteiger partial charge in [0.25, 0.3) is 5.91 Å². The van der Waals surface area contributed by atoms with Crippen LogP contribution >= 0.6 is 11.6 Å². The number of nitrogens with one attached hydrogen (secondary N) is 2. The molecule has 5 heteroatoms. The molecule has 1 amide bonds. The van der Waals surface area contributed by atoms with Crippen molar-refractivity contribution in [3.63, 3.8) is 0 Å². The van der Waals surface area contributed by atoms with Crippen LogP contribution in [0.1, 0.15) is 35.8 Å². The van der Waals surface area contributed by atoms with E-state index in [-0.39, 0.29) is 11.3 Å². The van der Waals surface area contributed by atoms with Crippen molar-refractivity contribution >= 4 is 17.5 Å². The third kappa shape index (κ3) is 3.55. The van der Waals surface area contributed by atoms with Crippen LogP contribution in [0.15, 0.2) is 6.20 Å². The normalized spacial score (nSPS) is 12.5. The molecule has 1 aromatic rings.